The van der Waals surface area contributed by atoms with Gasteiger partial charge in [-0.25, -0.2) is 4.79 Å². The molecule has 1 aliphatic rings. The van der Waals surface area contributed by atoms with Crippen molar-refractivity contribution >= 4 is 6.09 Å². The highest BCUT2D eigenvalue weighted by Crippen LogP contribution is 2.37. The third-order valence-corrected chi connectivity index (χ3v) is 3.92. The van der Waals surface area contributed by atoms with Gasteiger partial charge in [-0.2, -0.15) is 0 Å². The van der Waals surface area contributed by atoms with E-state index in [4.69, 9.17) is 4.74 Å². The van der Waals surface area contributed by atoms with Gasteiger partial charge in [-0.1, -0.05) is 44.2 Å². The first kappa shape index (κ1) is 14.9. The second-order valence-corrected chi connectivity index (χ2v) is 6.31. The summed E-state index contributed by atoms with van der Waals surface area (Å²) in [6, 6.07) is 9.78. The zero-order valence-electron chi connectivity index (χ0n) is 12.8. The Hall–Kier alpha value is -1.55. The topological polar surface area (TPSA) is 32.8 Å². The van der Waals surface area contributed by atoms with Crippen molar-refractivity contribution in [1.29, 1.82) is 0 Å². The summed E-state index contributed by atoms with van der Waals surface area (Å²) in [6.07, 6.45) is 0.861. The quantitative estimate of drug-likeness (QED) is 0.851. The molecule has 4 heteroatoms. The van der Waals surface area contributed by atoms with Crippen molar-refractivity contribution in [1.82, 2.24) is 9.80 Å². The molecule has 1 amide bonds. The fourth-order valence-corrected chi connectivity index (χ4v) is 3.05. The SMILES string of the molecule is CN(C)C1N(C(=O)OCc2ccccc2)CCC1(C)C. The van der Waals surface area contributed by atoms with Crippen LogP contribution in [-0.4, -0.2) is 42.7 Å². The Morgan fingerprint density at radius 2 is 2.00 bits per heavy atom. The van der Waals surface area contributed by atoms with Gasteiger partial charge in [-0.05, 0) is 26.1 Å². The Morgan fingerprint density at radius 1 is 1.35 bits per heavy atom. The summed E-state index contributed by atoms with van der Waals surface area (Å²) in [5.41, 5.74) is 1.11. The standard InChI is InChI=1S/C16H24N2O2/c1-16(2)10-11-18(14(16)17(3)4)15(19)20-12-13-8-6-5-7-9-13/h5-9,14H,10-12H2,1-4H3. The number of benzene rings is 1. The highest BCUT2D eigenvalue weighted by atomic mass is 16.6. The Kier molecular flexibility index (Phi) is 4.33. The van der Waals surface area contributed by atoms with Crippen molar-refractivity contribution in [3.8, 4) is 0 Å². The van der Waals surface area contributed by atoms with Crippen LogP contribution in [0.3, 0.4) is 0 Å². The molecule has 20 heavy (non-hydrogen) atoms. The van der Waals surface area contributed by atoms with Crippen molar-refractivity contribution in [2.24, 2.45) is 5.41 Å². The van der Waals surface area contributed by atoms with Crippen molar-refractivity contribution in [2.45, 2.75) is 33.0 Å². The molecule has 4 nitrogen and oxygen atoms in total. The van der Waals surface area contributed by atoms with Crippen molar-refractivity contribution in [3.63, 3.8) is 0 Å². The van der Waals surface area contributed by atoms with Crippen LogP contribution in [0, 0.1) is 5.41 Å². The van der Waals surface area contributed by atoms with E-state index in [0.717, 1.165) is 18.5 Å². The van der Waals surface area contributed by atoms with Gasteiger partial charge in [0, 0.05) is 12.0 Å². The van der Waals surface area contributed by atoms with Crippen LogP contribution in [-0.2, 0) is 11.3 Å². The number of amides is 1. The molecule has 1 atom stereocenters. The molecule has 0 spiro atoms. The smallest absolute Gasteiger partial charge is 0.411 e. The minimum Gasteiger partial charge on any atom is -0.445 e. The van der Waals surface area contributed by atoms with Gasteiger partial charge in [0.1, 0.15) is 6.61 Å². The molecule has 1 fully saturated rings. The monoisotopic (exact) mass is 276 g/mol. The number of carbonyl (C=O) groups excluding carboxylic acids is 1. The average Bonchev–Trinajstić information content (AvgIpc) is 2.73. The summed E-state index contributed by atoms with van der Waals surface area (Å²) in [6.45, 7) is 5.48. The van der Waals surface area contributed by atoms with Gasteiger partial charge in [-0.15, -0.1) is 0 Å². The molecular weight excluding hydrogens is 252 g/mol. The van der Waals surface area contributed by atoms with Crippen LogP contribution in [0.1, 0.15) is 25.8 Å². The maximum atomic E-state index is 12.3. The zero-order valence-corrected chi connectivity index (χ0v) is 12.8. The van der Waals surface area contributed by atoms with Crippen LogP contribution in [0.2, 0.25) is 0 Å². The number of hydrogen-bond acceptors (Lipinski definition) is 3. The lowest BCUT2D eigenvalue weighted by atomic mass is 9.89. The van der Waals surface area contributed by atoms with E-state index in [9.17, 15) is 4.79 Å². The molecule has 0 aromatic heterocycles. The predicted molar refractivity (Wildman–Crippen MR) is 79.2 cm³/mol. The number of rotatable bonds is 3. The molecule has 2 rings (SSSR count). The van der Waals surface area contributed by atoms with Gasteiger partial charge in [0.25, 0.3) is 0 Å². The first-order chi connectivity index (χ1) is 9.42. The average molecular weight is 276 g/mol. The van der Waals surface area contributed by atoms with Crippen LogP contribution in [0.25, 0.3) is 0 Å². The summed E-state index contributed by atoms with van der Waals surface area (Å²) < 4.78 is 5.45. The maximum Gasteiger partial charge on any atom is 0.411 e. The van der Waals surface area contributed by atoms with E-state index in [1.165, 1.54) is 0 Å². The first-order valence-electron chi connectivity index (χ1n) is 7.05. The molecule has 1 aromatic carbocycles. The van der Waals surface area contributed by atoms with E-state index in [1.807, 2.05) is 49.3 Å². The Morgan fingerprint density at radius 3 is 2.60 bits per heavy atom. The molecule has 0 aliphatic carbocycles. The summed E-state index contributed by atoms with van der Waals surface area (Å²) in [5, 5.41) is 0. The van der Waals surface area contributed by atoms with Crippen LogP contribution in [0.5, 0.6) is 0 Å². The Labute approximate surface area is 121 Å². The first-order valence-corrected chi connectivity index (χ1v) is 7.05. The van der Waals surface area contributed by atoms with Crippen molar-refractivity contribution in [3.05, 3.63) is 35.9 Å². The third kappa shape index (κ3) is 3.12. The molecule has 1 heterocycles. The summed E-state index contributed by atoms with van der Waals surface area (Å²) in [5.74, 6) is 0. The largest absolute Gasteiger partial charge is 0.445 e. The molecule has 0 radical (unpaired) electrons. The fraction of sp³-hybridized carbons (Fsp3) is 0.562. The van der Waals surface area contributed by atoms with Crippen LogP contribution in [0.15, 0.2) is 30.3 Å². The van der Waals surface area contributed by atoms with Gasteiger partial charge in [0.05, 0.1) is 6.17 Å². The lowest BCUT2D eigenvalue weighted by Gasteiger charge is -2.36. The lowest BCUT2D eigenvalue weighted by Crippen LogP contribution is -2.49. The molecule has 0 saturated carbocycles. The van der Waals surface area contributed by atoms with E-state index in [-0.39, 0.29) is 17.7 Å². The van der Waals surface area contributed by atoms with E-state index in [0.29, 0.717) is 6.61 Å². The van der Waals surface area contributed by atoms with E-state index >= 15 is 0 Å². The number of nitrogens with zero attached hydrogens (tertiary/aromatic N) is 2. The number of ether oxygens (including phenoxy) is 1. The molecule has 1 aliphatic heterocycles. The molecule has 1 saturated heterocycles. The number of likely N-dealkylation sites (tertiary alicyclic amines) is 1. The molecule has 1 unspecified atom stereocenters. The lowest BCUT2D eigenvalue weighted by molar-refractivity contribution is 0.0319. The molecule has 0 bridgehead atoms. The van der Waals surface area contributed by atoms with Gasteiger partial charge >= 0.3 is 6.09 Å². The van der Waals surface area contributed by atoms with Gasteiger partial charge in [0.15, 0.2) is 0 Å². The highest BCUT2D eigenvalue weighted by molar-refractivity contribution is 5.68. The van der Waals surface area contributed by atoms with E-state index in [2.05, 4.69) is 18.7 Å². The van der Waals surface area contributed by atoms with E-state index in [1.54, 1.807) is 0 Å². The Balaban J connectivity index is 1.99. The minimum atomic E-state index is -0.224. The third-order valence-electron chi connectivity index (χ3n) is 3.92. The summed E-state index contributed by atoms with van der Waals surface area (Å²) >= 11 is 0. The minimum absolute atomic E-state index is 0.0887. The normalized spacial score (nSPS) is 21.2. The summed E-state index contributed by atoms with van der Waals surface area (Å²) in [7, 11) is 4.02. The van der Waals surface area contributed by atoms with Gasteiger partial charge in [0.2, 0.25) is 0 Å². The second-order valence-electron chi connectivity index (χ2n) is 6.31. The fourth-order valence-electron chi connectivity index (χ4n) is 3.05. The zero-order chi connectivity index (χ0) is 14.8. The van der Waals surface area contributed by atoms with Crippen molar-refractivity contribution < 1.29 is 9.53 Å². The highest BCUT2D eigenvalue weighted by Gasteiger charge is 2.44. The maximum absolute atomic E-state index is 12.3. The molecule has 1 aromatic rings. The number of carbonyl (C=O) groups is 1. The van der Waals surface area contributed by atoms with Gasteiger partial charge < -0.3 is 4.74 Å². The second kappa shape index (κ2) is 5.83. The molecule has 0 N–H and O–H groups in total. The molecular formula is C16H24N2O2. The Bertz CT molecular complexity index is 457. The molecule has 110 valence electrons. The van der Waals surface area contributed by atoms with E-state index < -0.39 is 0 Å². The van der Waals surface area contributed by atoms with Gasteiger partial charge in [-0.3, -0.25) is 9.80 Å². The summed E-state index contributed by atoms with van der Waals surface area (Å²) in [4.78, 5) is 16.2. The predicted octanol–water partition coefficient (Wildman–Crippen LogP) is 2.94. The van der Waals surface area contributed by atoms with Crippen LogP contribution >= 0.6 is 0 Å². The van der Waals surface area contributed by atoms with Crippen molar-refractivity contribution in [2.75, 3.05) is 20.6 Å². The van der Waals surface area contributed by atoms with Crippen LogP contribution < -0.4 is 0 Å². The number of hydrogen-bond donors (Lipinski definition) is 0. The van der Waals surface area contributed by atoms with Crippen LogP contribution in [0.4, 0.5) is 4.79 Å².